The second-order valence-electron chi connectivity index (χ2n) is 2.73. The van der Waals surface area contributed by atoms with Crippen molar-refractivity contribution in [2.24, 2.45) is 0 Å². The fraction of sp³-hybridized carbons (Fsp3) is 0.400. The minimum Gasteiger partial charge on any atom is -0.545 e. The number of allylic oxidation sites excluding steroid dienone is 2. The molecule has 1 aliphatic rings. The monoisotopic (exact) mass is 242 g/mol. The molecule has 0 atom stereocenters. The molecule has 0 aromatic heterocycles. The summed E-state index contributed by atoms with van der Waals surface area (Å²) in [4.78, 5) is 18.8. The van der Waals surface area contributed by atoms with Crippen LogP contribution in [0.5, 0.6) is 0 Å². The summed E-state index contributed by atoms with van der Waals surface area (Å²) < 4.78 is 0. The van der Waals surface area contributed by atoms with Gasteiger partial charge in [-0.05, 0) is 37.8 Å². The Morgan fingerprint density at radius 2 is 1.19 bits per heavy atom. The molecule has 0 saturated heterocycles. The molecular formula is C10H12Na2O4. The van der Waals surface area contributed by atoms with Gasteiger partial charge < -0.3 is 19.8 Å². The first-order valence-electron chi connectivity index (χ1n) is 4.38. The minimum absolute atomic E-state index is 0. The number of carbonyl (C=O) groups excluding carboxylic acids is 2. The van der Waals surface area contributed by atoms with Gasteiger partial charge in [-0.25, -0.2) is 0 Å². The number of carboxylic acid groups (broad SMARTS) is 2. The molecule has 0 spiro atoms. The number of rotatable bonds is 2. The Labute approximate surface area is 139 Å². The molecule has 1 rings (SSSR count). The molecule has 0 bridgehead atoms. The Balaban J connectivity index is -0.000000192. The van der Waals surface area contributed by atoms with Gasteiger partial charge in [-0.15, -0.1) is 0 Å². The zero-order valence-electron chi connectivity index (χ0n) is 9.77. The Hall–Kier alpha value is 0.420. The first-order chi connectivity index (χ1) is 6.63. The van der Waals surface area contributed by atoms with E-state index in [4.69, 9.17) is 0 Å². The third-order valence-corrected chi connectivity index (χ3v) is 1.51. The molecule has 0 saturated carbocycles. The number of carbonyl (C=O) groups is 2. The van der Waals surface area contributed by atoms with Crippen molar-refractivity contribution >= 4 is 11.9 Å². The van der Waals surface area contributed by atoms with Gasteiger partial charge in [-0.3, -0.25) is 0 Å². The van der Waals surface area contributed by atoms with Gasteiger partial charge >= 0.3 is 59.1 Å². The molecule has 4 nitrogen and oxygen atoms in total. The van der Waals surface area contributed by atoms with Crippen LogP contribution in [0.2, 0.25) is 0 Å². The van der Waals surface area contributed by atoms with Crippen LogP contribution in [0, 0.1) is 0 Å². The Morgan fingerprint density at radius 3 is 1.31 bits per heavy atom. The summed E-state index contributed by atoms with van der Waals surface area (Å²) in [5, 5.41) is 18.8. The number of hydrogen-bond acceptors (Lipinski definition) is 4. The summed E-state index contributed by atoms with van der Waals surface area (Å²) in [5.41, 5.74) is 0. The summed E-state index contributed by atoms with van der Waals surface area (Å²) in [6.07, 6.45) is 10.8. The Kier molecular flexibility index (Phi) is 20.9. The first-order valence-corrected chi connectivity index (χ1v) is 4.38. The topological polar surface area (TPSA) is 80.3 Å². The molecule has 16 heavy (non-hydrogen) atoms. The van der Waals surface area contributed by atoms with Crippen molar-refractivity contribution in [2.75, 3.05) is 0 Å². The van der Waals surface area contributed by atoms with Gasteiger partial charge in [0, 0.05) is 0 Å². The fourth-order valence-corrected chi connectivity index (χ4v) is 0.896. The summed E-state index contributed by atoms with van der Waals surface area (Å²) in [6.45, 7) is 0. The van der Waals surface area contributed by atoms with E-state index in [-0.39, 0.29) is 59.1 Å². The normalized spacial score (nSPS) is 12.8. The van der Waals surface area contributed by atoms with E-state index >= 15 is 0 Å². The maximum absolute atomic E-state index is 9.41. The molecule has 0 heterocycles. The van der Waals surface area contributed by atoms with Crippen LogP contribution in [0.4, 0.5) is 0 Å². The smallest absolute Gasteiger partial charge is 0.545 e. The maximum Gasteiger partial charge on any atom is 1.00 e. The van der Waals surface area contributed by atoms with E-state index in [1.54, 1.807) is 0 Å². The second kappa shape index (κ2) is 15.4. The van der Waals surface area contributed by atoms with Crippen molar-refractivity contribution in [3.8, 4) is 0 Å². The first kappa shape index (κ1) is 21.7. The van der Waals surface area contributed by atoms with E-state index in [1.807, 2.05) is 0 Å². The summed E-state index contributed by atoms with van der Waals surface area (Å²) in [5.74, 6) is -3.09. The van der Waals surface area contributed by atoms with Gasteiger partial charge in [0.2, 0.25) is 0 Å². The van der Waals surface area contributed by atoms with Gasteiger partial charge in [0.1, 0.15) is 0 Å². The van der Waals surface area contributed by atoms with E-state index in [0.29, 0.717) is 12.2 Å². The van der Waals surface area contributed by atoms with Crippen LogP contribution in [-0.2, 0) is 9.59 Å². The minimum atomic E-state index is -1.55. The van der Waals surface area contributed by atoms with Crippen molar-refractivity contribution in [2.45, 2.75) is 25.7 Å². The molecule has 0 aromatic rings. The SMILES string of the molecule is C1=CCCCC1.O=C([O-])/C=C\C(=O)[O-].[Na+].[Na+]. The molecule has 78 valence electrons. The van der Waals surface area contributed by atoms with Crippen LogP contribution in [0.15, 0.2) is 24.3 Å². The van der Waals surface area contributed by atoms with Gasteiger partial charge in [-0.1, -0.05) is 12.2 Å². The van der Waals surface area contributed by atoms with E-state index in [0.717, 1.165) is 0 Å². The summed E-state index contributed by atoms with van der Waals surface area (Å²) in [7, 11) is 0. The third-order valence-electron chi connectivity index (χ3n) is 1.51. The largest absolute Gasteiger partial charge is 1.00 e. The molecule has 0 fully saturated rings. The van der Waals surface area contributed by atoms with Crippen molar-refractivity contribution in [3.05, 3.63) is 24.3 Å². The van der Waals surface area contributed by atoms with E-state index in [1.165, 1.54) is 25.7 Å². The molecular weight excluding hydrogens is 230 g/mol. The number of aliphatic carboxylic acids is 2. The van der Waals surface area contributed by atoms with Crippen molar-refractivity contribution in [1.29, 1.82) is 0 Å². The van der Waals surface area contributed by atoms with Gasteiger partial charge in [-0.2, -0.15) is 0 Å². The molecule has 1 aliphatic carbocycles. The van der Waals surface area contributed by atoms with E-state index < -0.39 is 11.9 Å². The predicted molar refractivity (Wildman–Crippen MR) is 46.8 cm³/mol. The number of hydrogen-bond donors (Lipinski definition) is 0. The Bertz CT molecular complexity index is 225. The Morgan fingerprint density at radius 1 is 0.875 bits per heavy atom. The van der Waals surface area contributed by atoms with E-state index in [2.05, 4.69) is 12.2 Å². The quantitative estimate of drug-likeness (QED) is 0.274. The molecule has 0 N–H and O–H groups in total. The van der Waals surface area contributed by atoms with Gasteiger partial charge in [0.25, 0.3) is 0 Å². The molecule has 0 amide bonds. The van der Waals surface area contributed by atoms with Crippen LogP contribution in [0.1, 0.15) is 25.7 Å². The predicted octanol–water partition coefficient (Wildman–Crippen LogP) is -6.83. The molecule has 0 unspecified atom stereocenters. The molecule has 6 heteroatoms. The standard InChI is InChI=1S/C6H10.C4H4O4.2Na/c1-2-4-6-5-3-1;5-3(6)1-2-4(7)8;;/h1-2H,3-6H2;1-2H,(H,5,6)(H,7,8);;/q;;2*+1/p-2/b;2-1-;;. The van der Waals surface area contributed by atoms with Crippen molar-refractivity contribution < 1.29 is 78.9 Å². The molecule has 0 aromatic carbocycles. The summed E-state index contributed by atoms with van der Waals surface area (Å²) in [6, 6.07) is 0. The van der Waals surface area contributed by atoms with Crippen molar-refractivity contribution in [1.82, 2.24) is 0 Å². The van der Waals surface area contributed by atoms with Crippen LogP contribution in [0.3, 0.4) is 0 Å². The van der Waals surface area contributed by atoms with Gasteiger partial charge in [0.15, 0.2) is 0 Å². The average Bonchev–Trinajstić information content (AvgIpc) is 2.18. The zero-order valence-corrected chi connectivity index (χ0v) is 13.8. The molecule has 0 aliphatic heterocycles. The zero-order chi connectivity index (χ0) is 10.8. The van der Waals surface area contributed by atoms with Gasteiger partial charge in [0.05, 0.1) is 11.9 Å². The third kappa shape index (κ3) is 19.9. The molecule has 0 radical (unpaired) electrons. The second-order valence-corrected chi connectivity index (χ2v) is 2.73. The van der Waals surface area contributed by atoms with Crippen LogP contribution in [-0.4, -0.2) is 11.9 Å². The van der Waals surface area contributed by atoms with Crippen molar-refractivity contribution in [3.63, 3.8) is 0 Å². The maximum atomic E-state index is 9.41. The fourth-order valence-electron chi connectivity index (χ4n) is 0.896. The number of carboxylic acids is 2. The van der Waals surface area contributed by atoms with Crippen LogP contribution < -0.4 is 69.3 Å². The van der Waals surface area contributed by atoms with Crippen LogP contribution >= 0.6 is 0 Å². The van der Waals surface area contributed by atoms with Crippen LogP contribution in [0.25, 0.3) is 0 Å². The average molecular weight is 242 g/mol. The summed E-state index contributed by atoms with van der Waals surface area (Å²) >= 11 is 0. The van der Waals surface area contributed by atoms with E-state index in [9.17, 15) is 19.8 Å².